The Balaban J connectivity index is 1.33. The number of rotatable bonds is 11. The zero-order valence-corrected chi connectivity index (χ0v) is 24.5. The van der Waals surface area contributed by atoms with E-state index in [4.69, 9.17) is 14.7 Å². The number of fused-ring (bicyclic) bond motifs is 2. The van der Waals surface area contributed by atoms with Crippen molar-refractivity contribution in [1.82, 2.24) is 44.9 Å². The molecule has 0 radical (unpaired) electrons. The summed E-state index contributed by atoms with van der Waals surface area (Å²) in [6, 6.07) is 10.7. The van der Waals surface area contributed by atoms with Crippen molar-refractivity contribution >= 4 is 27.8 Å². The molecule has 6 aromatic rings. The fourth-order valence-corrected chi connectivity index (χ4v) is 4.74. The second-order valence-corrected chi connectivity index (χ2v) is 10.9. The first-order valence-corrected chi connectivity index (χ1v) is 14.0. The summed E-state index contributed by atoms with van der Waals surface area (Å²) in [6.45, 7) is 2.88. The molecule has 3 N–H and O–H groups in total. The molecular weight excluding hydrogens is 547 g/mol. The Morgan fingerprint density at radius 1 is 0.837 bits per heavy atom. The summed E-state index contributed by atoms with van der Waals surface area (Å²) in [5.74, 6) is 0.869. The Hall–Kier alpha value is -4.94. The molecule has 1 aromatic carbocycles. The smallest absolute Gasteiger partial charge is 0.161 e. The first-order chi connectivity index (χ1) is 20.8. The summed E-state index contributed by atoms with van der Waals surface area (Å²) in [5, 5.41) is 10.9. The number of hydrogen-bond acceptors (Lipinski definition) is 9. The number of hydrogen-bond donors (Lipinski definition) is 3. The van der Waals surface area contributed by atoms with Crippen LogP contribution < -0.4 is 10.1 Å². The number of anilines is 1. The molecular formula is C31H33FN10O. The Kier molecular flexibility index (Phi) is 7.95. The van der Waals surface area contributed by atoms with Gasteiger partial charge in [0, 0.05) is 48.8 Å². The van der Waals surface area contributed by atoms with Gasteiger partial charge in [-0.25, -0.2) is 14.4 Å². The second kappa shape index (κ2) is 12.1. The molecule has 5 aromatic heterocycles. The zero-order chi connectivity index (χ0) is 29.9. The second-order valence-electron chi connectivity index (χ2n) is 10.9. The first kappa shape index (κ1) is 28.2. The van der Waals surface area contributed by atoms with Gasteiger partial charge >= 0.3 is 0 Å². The normalized spacial score (nSPS) is 11.7. The van der Waals surface area contributed by atoms with Gasteiger partial charge in [-0.1, -0.05) is 0 Å². The summed E-state index contributed by atoms with van der Waals surface area (Å²) in [4.78, 5) is 26.0. The van der Waals surface area contributed by atoms with E-state index in [0.29, 0.717) is 63.8 Å². The SMILES string of the molecule is CN(C)CCNc1cc(F)cc(-c2cncc3[nH]c(-c4n[nH]c5ccc(-c6cncc(OCCN(C)C)c6)nc45)nc23)c1. The van der Waals surface area contributed by atoms with E-state index in [2.05, 4.69) is 40.3 Å². The zero-order valence-electron chi connectivity index (χ0n) is 24.5. The third kappa shape index (κ3) is 6.30. The lowest BCUT2D eigenvalue weighted by Crippen LogP contribution is -2.20. The predicted octanol–water partition coefficient (Wildman–Crippen LogP) is 4.68. The molecule has 0 amide bonds. The summed E-state index contributed by atoms with van der Waals surface area (Å²) in [7, 11) is 8.00. The average molecular weight is 581 g/mol. The van der Waals surface area contributed by atoms with E-state index < -0.39 is 0 Å². The molecule has 0 aliphatic rings. The minimum absolute atomic E-state index is 0.339. The van der Waals surface area contributed by atoms with Crippen molar-refractivity contribution in [3.05, 3.63) is 67.0 Å². The van der Waals surface area contributed by atoms with E-state index in [0.717, 1.165) is 29.9 Å². The lowest BCUT2D eigenvalue weighted by Gasteiger charge is -2.12. The number of H-pyrrole nitrogens is 2. The van der Waals surface area contributed by atoms with E-state index in [-0.39, 0.29) is 5.82 Å². The topological polar surface area (TPSA) is 124 Å². The minimum Gasteiger partial charge on any atom is -0.491 e. The maximum Gasteiger partial charge on any atom is 0.161 e. The highest BCUT2D eigenvalue weighted by atomic mass is 19.1. The minimum atomic E-state index is -0.339. The van der Waals surface area contributed by atoms with E-state index in [1.54, 1.807) is 24.8 Å². The molecule has 0 saturated heterocycles. The number of halogens is 1. The van der Waals surface area contributed by atoms with Crippen LogP contribution in [-0.4, -0.2) is 99.3 Å². The number of likely N-dealkylation sites (N-methyl/N-ethyl adjacent to an activating group) is 2. The average Bonchev–Trinajstić information content (AvgIpc) is 3.60. The molecule has 0 bridgehead atoms. The van der Waals surface area contributed by atoms with Gasteiger partial charge < -0.3 is 24.8 Å². The van der Waals surface area contributed by atoms with E-state index >= 15 is 0 Å². The van der Waals surface area contributed by atoms with Crippen molar-refractivity contribution in [1.29, 1.82) is 0 Å². The maximum absolute atomic E-state index is 14.7. The van der Waals surface area contributed by atoms with Crippen LogP contribution in [0, 0.1) is 5.82 Å². The number of pyridine rings is 3. The highest BCUT2D eigenvalue weighted by Crippen LogP contribution is 2.33. The van der Waals surface area contributed by atoms with Crippen molar-refractivity contribution in [2.24, 2.45) is 0 Å². The largest absolute Gasteiger partial charge is 0.491 e. The van der Waals surface area contributed by atoms with Gasteiger partial charge in [0.25, 0.3) is 0 Å². The van der Waals surface area contributed by atoms with Gasteiger partial charge in [0.05, 0.1) is 34.6 Å². The molecule has 0 unspecified atom stereocenters. The Labute approximate surface area is 248 Å². The molecule has 0 fully saturated rings. The highest BCUT2D eigenvalue weighted by Gasteiger charge is 2.18. The van der Waals surface area contributed by atoms with Crippen LogP contribution in [0.5, 0.6) is 5.75 Å². The molecule has 0 saturated carbocycles. The standard InChI is InChI=1S/C31H33FN10O/c1-41(2)8-7-35-22-12-19(11-21(32)14-22)24-17-34-18-27-28(24)38-31(37-27)30-29-26(39-40-30)6-5-25(36-29)20-13-23(16-33-15-20)43-10-9-42(3)4/h5-6,11-18,35H,7-10H2,1-4H3,(H,37,38)(H,39,40). The monoisotopic (exact) mass is 580 g/mol. The Morgan fingerprint density at radius 3 is 2.51 bits per heavy atom. The predicted molar refractivity (Wildman–Crippen MR) is 166 cm³/mol. The summed E-state index contributed by atoms with van der Waals surface area (Å²) in [5.41, 5.74) is 6.99. The molecule has 11 nitrogen and oxygen atoms in total. The molecule has 220 valence electrons. The molecule has 0 aliphatic heterocycles. The number of ether oxygens (including phenoxy) is 1. The van der Waals surface area contributed by atoms with Crippen LogP contribution in [0.3, 0.4) is 0 Å². The van der Waals surface area contributed by atoms with Crippen LogP contribution in [0.4, 0.5) is 10.1 Å². The number of nitrogens with one attached hydrogen (secondary N) is 3. The lowest BCUT2D eigenvalue weighted by molar-refractivity contribution is 0.261. The van der Waals surface area contributed by atoms with Crippen molar-refractivity contribution in [2.45, 2.75) is 0 Å². The van der Waals surface area contributed by atoms with Crippen LogP contribution in [0.15, 0.2) is 61.2 Å². The Morgan fingerprint density at radius 2 is 1.67 bits per heavy atom. The van der Waals surface area contributed by atoms with Gasteiger partial charge in [-0.3, -0.25) is 15.1 Å². The summed E-state index contributed by atoms with van der Waals surface area (Å²) >= 11 is 0. The third-order valence-electron chi connectivity index (χ3n) is 6.94. The van der Waals surface area contributed by atoms with Gasteiger partial charge in [-0.15, -0.1) is 0 Å². The van der Waals surface area contributed by atoms with Crippen LogP contribution in [0.2, 0.25) is 0 Å². The van der Waals surface area contributed by atoms with Crippen LogP contribution in [0.25, 0.3) is 56.0 Å². The number of benzene rings is 1. The number of nitrogens with zero attached hydrogens (tertiary/aromatic N) is 7. The van der Waals surface area contributed by atoms with Crippen molar-refractivity contribution in [2.75, 3.05) is 59.7 Å². The highest BCUT2D eigenvalue weighted by molar-refractivity contribution is 5.96. The molecule has 0 atom stereocenters. The van der Waals surface area contributed by atoms with Crippen LogP contribution >= 0.6 is 0 Å². The number of imidazole rings is 1. The van der Waals surface area contributed by atoms with Gasteiger partial charge in [0.15, 0.2) is 11.5 Å². The van der Waals surface area contributed by atoms with Crippen molar-refractivity contribution in [3.63, 3.8) is 0 Å². The fraction of sp³-hybridized carbons (Fsp3) is 0.258. The van der Waals surface area contributed by atoms with E-state index in [9.17, 15) is 4.39 Å². The summed E-state index contributed by atoms with van der Waals surface area (Å²) < 4.78 is 20.5. The molecule has 0 aliphatic carbocycles. The van der Waals surface area contributed by atoms with E-state index in [1.807, 2.05) is 52.5 Å². The van der Waals surface area contributed by atoms with Crippen LogP contribution in [0.1, 0.15) is 0 Å². The number of aromatic nitrogens is 7. The summed E-state index contributed by atoms with van der Waals surface area (Å²) in [6.07, 6.45) is 6.86. The van der Waals surface area contributed by atoms with Gasteiger partial charge in [0.1, 0.15) is 23.7 Å². The molecule has 0 spiro atoms. The van der Waals surface area contributed by atoms with Crippen LogP contribution in [-0.2, 0) is 0 Å². The lowest BCUT2D eigenvalue weighted by atomic mass is 10.1. The maximum atomic E-state index is 14.7. The number of aromatic amines is 2. The van der Waals surface area contributed by atoms with E-state index in [1.165, 1.54) is 12.1 Å². The first-order valence-electron chi connectivity index (χ1n) is 14.0. The third-order valence-corrected chi connectivity index (χ3v) is 6.94. The van der Waals surface area contributed by atoms with Crippen molar-refractivity contribution < 1.29 is 9.13 Å². The van der Waals surface area contributed by atoms with Crippen molar-refractivity contribution in [3.8, 4) is 39.7 Å². The van der Waals surface area contributed by atoms with Gasteiger partial charge in [-0.2, -0.15) is 5.10 Å². The molecule has 43 heavy (non-hydrogen) atoms. The molecule has 5 heterocycles. The van der Waals surface area contributed by atoms with Gasteiger partial charge in [-0.05, 0) is 70.2 Å². The molecule has 12 heteroatoms. The fourth-order valence-electron chi connectivity index (χ4n) is 4.74. The quantitative estimate of drug-likeness (QED) is 0.200. The molecule has 6 rings (SSSR count). The Bertz CT molecular complexity index is 1880. The van der Waals surface area contributed by atoms with Gasteiger partial charge in [0.2, 0.25) is 0 Å².